The van der Waals surface area contributed by atoms with Crippen molar-refractivity contribution in [1.82, 2.24) is 9.78 Å². The van der Waals surface area contributed by atoms with Crippen molar-refractivity contribution in [2.45, 2.75) is 13.0 Å². The lowest BCUT2D eigenvalue weighted by Crippen LogP contribution is -2.19. The average Bonchev–Trinajstić information content (AvgIpc) is 3.02. The summed E-state index contributed by atoms with van der Waals surface area (Å²) in [7, 11) is 0. The predicted octanol–water partition coefficient (Wildman–Crippen LogP) is 2.81. The lowest BCUT2D eigenvalue weighted by atomic mass is 10.0. The van der Waals surface area contributed by atoms with Crippen molar-refractivity contribution in [3.05, 3.63) is 83.6 Å². The molecule has 0 radical (unpaired) electrons. The third-order valence-corrected chi connectivity index (χ3v) is 3.76. The number of amides is 1. The zero-order valence-corrected chi connectivity index (χ0v) is 13.4. The van der Waals surface area contributed by atoms with Gasteiger partial charge in [-0.1, -0.05) is 48.5 Å². The van der Waals surface area contributed by atoms with E-state index in [-0.39, 0.29) is 17.9 Å². The van der Waals surface area contributed by atoms with Gasteiger partial charge in [-0.3, -0.25) is 4.79 Å². The maximum Gasteiger partial charge on any atom is 0.335 e. The molecule has 1 amide bonds. The molecule has 2 aromatic carbocycles. The Hall–Kier alpha value is -3.41. The number of anilines is 1. The highest BCUT2D eigenvalue weighted by Crippen LogP contribution is 2.13. The van der Waals surface area contributed by atoms with Crippen molar-refractivity contribution in [3.63, 3.8) is 0 Å². The summed E-state index contributed by atoms with van der Waals surface area (Å²) in [6, 6.07) is 18.0. The highest BCUT2D eigenvalue weighted by Gasteiger charge is 2.14. The molecule has 0 saturated carbocycles. The van der Waals surface area contributed by atoms with Gasteiger partial charge in [-0.2, -0.15) is 5.10 Å². The number of aromatic nitrogens is 2. The molecule has 3 rings (SSSR count). The fourth-order valence-corrected chi connectivity index (χ4v) is 2.56. The van der Waals surface area contributed by atoms with Crippen LogP contribution in [0.5, 0.6) is 0 Å². The molecule has 0 unspecified atom stereocenters. The zero-order valence-electron chi connectivity index (χ0n) is 13.4. The van der Waals surface area contributed by atoms with E-state index in [9.17, 15) is 14.7 Å². The average molecular weight is 335 g/mol. The van der Waals surface area contributed by atoms with Crippen molar-refractivity contribution >= 4 is 17.7 Å². The Morgan fingerprint density at radius 2 is 1.72 bits per heavy atom. The number of nitrogens with one attached hydrogen (secondary N) is 1. The van der Waals surface area contributed by atoms with Gasteiger partial charge in [-0.15, -0.1) is 0 Å². The van der Waals surface area contributed by atoms with Crippen molar-refractivity contribution in [2.24, 2.45) is 0 Å². The molecule has 0 saturated heterocycles. The number of carboxylic acid groups (broad SMARTS) is 1. The Labute approximate surface area is 144 Å². The summed E-state index contributed by atoms with van der Waals surface area (Å²) < 4.78 is 1.69. The number of carbonyl (C=O) groups is 2. The molecule has 2 N–H and O–H groups in total. The van der Waals surface area contributed by atoms with Crippen LogP contribution in [0.4, 0.5) is 5.82 Å². The predicted molar refractivity (Wildman–Crippen MR) is 93.5 cm³/mol. The van der Waals surface area contributed by atoms with Crippen LogP contribution in [0.3, 0.4) is 0 Å². The minimum atomic E-state index is -1.04. The molecule has 6 heteroatoms. The molecule has 0 aliphatic rings. The molecule has 3 aromatic rings. The van der Waals surface area contributed by atoms with E-state index in [0.29, 0.717) is 17.9 Å². The number of benzene rings is 2. The molecule has 0 atom stereocenters. The lowest BCUT2D eigenvalue weighted by Gasteiger charge is -2.10. The second kappa shape index (κ2) is 7.44. The minimum Gasteiger partial charge on any atom is -0.478 e. The Morgan fingerprint density at radius 1 is 1.00 bits per heavy atom. The van der Waals surface area contributed by atoms with E-state index < -0.39 is 5.97 Å². The molecule has 25 heavy (non-hydrogen) atoms. The molecule has 0 fully saturated rings. The first-order valence-electron chi connectivity index (χ1n) is 7.80. The Morgan fingerprint density at radius 3 is 2.48 bits per heavy atom. The number of hydrogen-bond acceptors (Lipinski definition) is 3. The van der Waals surface area contributed by atoms with Crippen LogP contribution in [0, 0.1) is 0 Å². The maximum atomic E-state index is 12.3. The Bertz CT molecular complexity index is 888. The monoisotopic (exact) mass is 335 g/mol. The maximum absolute atomic E-state index is 12.3. The van der Waals surface area contributed by atoms with Crippen LogP contribution in [0.15, 0.2) is 66.9 Å². The van der Waals surface area contributed by atoms with Crippen LogP contribution < -0.4 is 5.32 Å². The summed E-state index contributed by atoms with van der Waals surface area (Å²) in [6.45, 7) is 0.537. The van der Waals surface area contributed by atoms with Gasteiger partial charge in [0.1, 0.15) is 5.82 Å². The van der Waals surface area contributed by atoms with Crippen LogP contribution >= 0.6 is 0 Å². The van der Waals surface area contributed by atoms with E-state index in [4.69, 9.17) is 0 Å². The molecule has 126 valence electrons. The van der Waals surface area contributed by atoms with Gasteiger partial charge >= 0.3 is 5.97 Å². The van der Waals surface area contributed by atoms with Gasteiger partial charge < -0.3 is 10.4 Å². The molecular weight excluding hydrogens is 318 g/mol. The van der Waals surface area contributed by atoms with E-state index in [1.807, 2.05) is 30.3 Å². The fraction of sp³-hybridized carbons (Fsp3) is 0.105. The molecule has 1 heterocycles. The largest absolute Gasteiger partial charge is 0.478 e. The second-order valence-electron chi connectivity index (χ2n) is 5.55. The highest BCUT2D eigenvalue weighted by molar-refractivity contribution is 5.95. The number of rotatable bonds is 6. The van der Waals surface area contributed by atoms with E-state index >= 15 is 0 Å². The Balaban J connectivity index is 1.70. The first-order valence-corrected chi connectivity index (χ1v) is 7.80. The van der Waals surface area contributed by atoms with Crippen LogP contribution in [0.2, 0.25) is 0 Å². The molecule has 1 aromatic heterocycles. The summed E-state index contributed by atoms with van der Waals surface area (Å²) in [5.74, 6) is -0.761. The smallest absolute Gasteiger partial charge is 0.335 e. The molecular formula is C19H17N3O3. The fourth-order valence-electron chi connectivity index (χ4n) is 2.56. The normalized spacial score (nSPS) is 10.4. The SMILES string of the molecule is O=C(Cc1ccccc1C(=O)O)Nc1ccnn1Cc1ccccc1. The molecule has 0 spiro atoms. The molecule has 0 aliphatic carbocycles. The summed E-state index contributed by atoms with van der Waals surface area (Å²) in [6.07, 6.45) is 1.60. The van der Waals surface area contributed by atoms with Gasteiger partial charge in [-0.05, 0) is 17.2 Å². The van der Waals surface area contributed by atoms with Crippen molar-refractivity contribution in [2.75, 3.05) is 5.32 Å². The summed E-state index contributed by atoms with van der Waals surface area (Å²) in [4.78, 5) is 23.5. The minimum absolute atomic E-state index is 0.0149. The van der Waals surface area contributed by atoms with E-state index in [2.05, 4.69) is 10.4 Å². The van der Waals surface area contributed by atoms with E-state index in [1.54, 1.807) is 35.1 Å². The van der Waals surface area contributed by atoms with Crippen molar-refractivity contribution in [1.29, 1.82) is 0 Å². The van der Waals surface area contributed by atoms with Crippen LogP contribution in [-0.4, -0.2) is 26.8 Å². The number of carboxylic acids is 1. The first kappa shape index (κ1) is 16.4. The summed E-state index contributed by atoms with van der Waals surface area (Å²) in [5.41, 5.74) is 1.68. The third kappa shape index (κ3) is 4.11. The molecule has 0 aliphatic heterocycles. The van der Waals surface area contributed by atoms with Crippen molar-refractivity contribution in [3.8, 4) is 0 Å². The lowest BCUT2D eigenvalue weighted by molar-refractivity contribution is -0.115. The standard InChI is InChI=1S/C19H17N3O3/c23-18(12-15-8-4-5-9-16(15)19(24)25)21-17-10-11-20-22(17)13-14-6-2-1-3-7-14/h1-11H,12-13H2,(H,21,23)(H,24,25). The third-order valence-electron chi connectivity index (χ3n) is 3.76. The van der Waals surface area contributed by atoms with Gasteiger partial charge in [-0.25, -0.2) is 9.48 Å². The van der Waals surface area contributed by atoms with Gasteiger partial charge in [0.25, 0.3) is 0 Å². The summed E-state index contributed by atoms with van der Waals surface area (Å²) in [5, 5.41) is 16.2. The van der Waals surface area contributed by atoms with Crippen molar-refractivity contribution < 1.29 is 14.7 Å². The first-order chi connectivity index (χ1) is 12.1. The van der Waals surface area contributed by atoms with Crippen LogP contribution in [-0.2, 0) is 17.8 Å². The molecule has 6 nitrogen and oxygen atoms in total. The van der Waals surface area contributed by atoms with Gasteiger partial charge in [0.05, 0.1) is 24.7 Å². The van der Waals surface area contributed by atoms with Gasteiger partial charge in [0, 0.05) is 6.07 Å². The van der Waals surface area contributed by atoms with Crippen LogP contribution in [0.1, 0.15) is 21.5 Å². The number of hydrogen-bond donors (Lipinski definition) is 2. The zero-order chi connectivity index (χ0) is 17.6. The number of nitrogens with zero attached hydrogens (tertiary/aromatic N) is 2. The Kier molecular flexibility index (Phi) is 4.89. The molecule has 0 bridgehead atoms. The van der Waals surface area contributed by atoms with E-state index in [0.717, 1.165) is 5.56 Å². The summed E-state index contributed by atoms with van der Waals surface area (Å²) >= 11 is 0. The topological polar surface area (TPSA) is 84.2 Å². The highest BCUT2D eigenvalue weighted by atomic mass is 16.4. The van der Waals surface area contributed by atoms with Gasteiger partial charge in [0.15, 0.2) is 0 Å². The quantitative estimate of drug-likeness (QED) is 0.725. The van der Waals surface area contributed by atoms with Crippen LogP contribution in [0.25, 0.3) is 0 Å². The van der Waals surface area contributed by atoms with Gasteiger partial charge in [0.2, 0.25) is 5.91 Å². The number of aromatic carboxylic acids is 1. The van der Waals surface area contributed by atoms with E-state index in [1.165, 1.54) is 6.07 Å². The second-order valence-corrected chi connectivity index (χ2v) is 5.55. The number of carbonyl (C=O) groups excluding carboxylic acids is 1.